The molecule has 25 heavy (non-hydrogen) atoms. The Kier molecular flexibility index (Phi) is 7.44. The summed E-state index contributed by atoms with van der Waals surface area (Å²) in [5.41, 5.74) is 1.78. The molecule has 0 aliphatic carbocycles. The van der Waals surface area contributed by atoms with Crippen LogP contribution in [-0.4, -0.2) is 50.6 Å². The van der Waals surface area contributed by atoms with Crippen LogP contribution in [0.4, 0.5) is 0 Å². The zero-order valence-corrected chi connectivity index (χ0v) is 15.1. The first-order valence-corrected chi connectivity index (χ1v) is 8.31. The van der Waals surface area contributed by atoms with Gasteiger partial charge in [0.2, 0.25) is 0 Å². The molecule has 0 radical (unpaired) electrons. The zero-order chi connectivity index (χ0) is 16.8. The molecule has 1 saturated heterocycles. The smallest absolute Gasteiger partial charge is 0.171 e. The largest absolute Gasteiger partial charge is 1.00 e. The lowest BCUT2D eigenvalue weighted by Gasteiger charge is -2.30. The van der Waals surface area contributed by atoms with Gasteiger partial charge in [-0.3, -0.25) is 9.69 Å². The van der Waals surface area contributed by atoms with Crippen LogP contribution in [0.15, 0.2) is 54.6 Å². The molecule has 4 nitrogen and oxygen atoms in total. The van der Waals surface area contributed by atoms with Crippen LogP contribution in [0.2, 0.25) is 0 Å². The number of hydrogen-bond donors (Lipinski definition) is 0. The summed E-state index contributed by atoms with van der Waals surface area (Å²) in [6.07, 6.45) is 0. The molecule has 134 valence electrons. The highest BCUT2D eigenvalue weighted by Crippen LogP contribution is 2.24. The molecule has 2 aromatic carbocycles. The van der Waals surface area contributed by atoms with Gasteiger partial charge in [0, 0.05) is 25.2 Å². The molecule has 5 heteroatoms. The third-order valence-corrected chi connectivity index (χ3v) is 4.44. The van der Waals surface area contributed by atoms with E-state index in [4.69, 9.17) is 9.47 Å². The topological polar surface area (TPSA) is 38.8 Å². The molecule has 1 atom stereocenters. The number of morpholine rings is 1. The highest BCUT2D eigenvalue weighted by molar-refractivity contribution is 6.01. The van der Waals surface area contributed by atoms with Crippen molar-refractivity contribution in [3.8, 4) is 5.75 Å². The first kappa shape index (κ1) is 19.4. The molecule has 2 aromatic rings. The van der Waals surface area contributed by atoms with Gasteiger partial charge in [-0.15, -0.1) is 0 Å². The van der Waals surface area contributed by atoms with E-state index in [2.05, 4.69) is 4.90 Å². The SMILES string of the molecule is COc1ccc(C(=O)C(CN2CCOCC2)c2ccccc2)cc1.[Cl-]. The predicted molar refractivity (Wildman–Crippen MR) is 93.8 cm³/mol. The fourth-order valence-electron chi connectivity index (χ4n) is 3.02. The van der Waals surface area contributed by atoms with Crippen LogP contribution in [-0.2, 0) is 4.74 Å². The van der Waals surface area contributed by atoms with Gasteiger partial charge in [0.25, 0.3) is 0 Å². The van der Waals surface area contributed by atoms with Gasteiger partial charge in [-0.05, 0) is 29.8 Å². The summed E-state index contributed by atoms with van der Waals surface area (Å²) in [6.45, 7) is 3.94. The van der Waals surface area contributed by atoms with E-state index in [-0.39, 0.29) is 24.1 Å². The van der Waals surface area contributed by atoms with Crippen LogP contribution in [0.3, 0.4) is 0 Å². The lowest BCUT2D eigenvalue weighted by atomic mass is 9.90. The van der Waals surface area contributed by atoms with Crippen molar-refractivity contribution in [2.75, 3.05) is 40.0 Å². The fraction of sp³-hybridized carbons (Fsp3) is 0.350. The van der Waals surface area contributed by atoms with E-state index in [0.29, 0.717) is 0 Å². The third-order valence-electron chi connectivity index (χ3n) is 4.44. The first-order valence-electron chi connectivity index (χ1n) is 8.31. The molecule has 0 spiro atoms. The quantitative estimate of drug-likeness (QED) is 0.680. The Hall–Kier alpha value is -1.88. The predicted octanol–water partition coefficient (Wildman–Crippen LogP) is -0.00210. The molecule has 1 aliphatic heterocycles. The van der Waals surface area contributed by atoms with Crippen molar-refractivity contribution in [3.63, 3.8) is 0 Å². The zero-order valence-electron chi connectivity index (χ0n) is 14.4. The summed E-state index contributed by atoms with van der Waals surface area (Å²) in [6, 6.07) is 17.4. The minimum Gasteiger partial charge on any atom is -1.00 e. The Morgan fingerprint density at radius 2 is 1.72 bits per heavy atom. The van der Waals surface area contributed by atoms with Crippen molar-refractivity contribution in [2.45, 2.75) is 5.92 Å². The second kappa shape index (κ2) is 9.56. The highest BCUT2D eigenvalue weighted by Gasteiger charge is 2.25. The van der Waals surface area contributed by atoms with E-state index in [1.807, 2.05) is 54.6 Å². The summed E-state index contributed by atoms with van der Waals surface area (Å²) < 4.78 is 10.6. The van der Waals surface area contributed by atoms with Gasteiger partial charge in [-0.25, -0.2) is 0 Å². The third kappa shape index (κ3) is 5.05. The molecular weight excluding hydrogens is 338 g/mol. The molecular formula is C20H23ClNO3-. The van der Waals surface area contributed by atoms with Crippen LogP contribution in [0.5, 0.6) is 5.75 Å². The number of methoxy groups -OCH3 is 1. The van der Waals surface area contributed by atoms with Gasteiger partial charge in [0.05, 0.1) is 26.2 Å². The number of Topliss-reactive ketones (excluding diaryl/α,β-unsaturated/α-hetero) is 1. The second-order valence-electron chi connectivity index (χ2n) is 5.97. The van der Waals surface area contributed by atoms with E-state index >= 15 is 0 Å². The Morgan fingerprint density at radius 1 is 1.08 bits per heavy atom. The molecule has 1 fully saturated rings. The second-order valence-corrected chi connectivity index (χ2v) is 5.97. The summed E-state index contributed by atoms with van der Waals surface area (Å²) >= 11 is 0. The van der Waals surface area contributed by atoms with Crippen molar-refractivity contribution in [2.24, 2.45) is 0 Å². The lowest BCUT2D eigenvalue weighted by molar-refractivity contribution is -0.0000137. The Balaban J connectivity index is 0.00000225. The summed E-state index contributed by atoms with van der Waals surface area (Å²) in [5.74, 6) is 0.740. The first-order chi connectivity index (χ1) is 11.8. The van der Waals surface area contributed by atoms with Crippen molar-refractivity contribution in [1.82, 2.24) is 4.90 Å². The summed E-state index contributed by atoms with van der Waals surface area (Å²) in [4.78, 5) is 15.4. The van der Waals surface area contributed by atoms with E-state index in [0.717, 1.165) is 49.7 Å². The number of ether oxygens (including phenoxy) is 2. The lowest BCUT2D eigenvalue weighted by Crippen LogP contribution is -3.00. The standard InChI is InChI=1S/C20H23NO3.ClH/c1-23-18-9-7-17(8-10-18)20(22)19(16-5-3-2-4-6-16)15-21-11-13-24-14-12-21;/h2-10,19H,11-15H2,1H3;1H/p-1. The minimum atomic E-state index is -0.169. The number of hydrogen-bond acceptors (Lipinski definition) is 4. The van der Waals surface area contributed by atoms with Crippen LogP contribution in [0.1, 0.15) is 21.8 Å². The average molecular weight is 361 g/mol. The molecule has 0 bridgehead atoms. The maximum absolute atomic E-state index is 13.1. The van der Waals surface area contributed by atoms with Crippen LogP contribution < -0.4 is 17.1 Å². The number of ketones is 1. The highest BCUT2D eigenvalue weighted by atomic mass is 35.5. The molecule has 1 heterocycles. The molecule has 0 amide bonds. The van der Waals surface area contributed by atoms with E-state index in [1.165, 1.54) is 0 Å². The maximum atomic E-state index is 13.1. The van der Waals surface area contributed by atoms with Gasteiger partial charge in [0.15, 0.2) is 5.78 Å². The summed E-state index contributed by atoms with van der Waals surface area (Å²) in [7, 11) is 1.63. The molecule has 0 N–H and O–H groups in total. The van der Waals surface area contributed by atoms with Gasteiger partial charge >= 0.3 is 0 Å². The monoisotopic (exact) mass is 360 g/mol. The molecule has 0 aromatic heterocycles. The van der Waals surface area contributed by atoms with Gasteiger partial charge in [0.1, 0.15) is 5.75 Å². The van der Waals surface area contributed by atoms with Crippen molar-refractivity contribution in [3.05, 3.63) is 65.7 Å². The molecule has 1 unspecified atom stereocenters. The maximum Gasteiger partial charge on any atom is 0.171 e. The van der Waals surface area contributed by atoms with Crippen LogP contribution in [0.25, 0.3) is 0 Å². The van der Waals surface area contributed by atoms with Crippen molar-refractivity contribution in [1.29, 1.82) is 0 Å². The number of benzene rings is 2. The Labute approximate surface area is 155 Å². The minimum absolute atomic E-state index is 0. The fourth-order valence-corrected chi connectivity index (χ4v) is 3.02. The van der Waals surface area contributed by atoms with Gasteiger partial charge in [-0.2, -0.15) is 0 Å². The molecule has 1 aliphatic rings. The summed E-state index contributed by atoms with van der Waals surface area (Å²) in [5, 5.41) is 0. The van der Waals surface area contributed by atoms with E-state index in [1.54, 1.807) is 7.11 Å². The average Bonchev–Trinajstić information content (AvgIpc) is 2.67. The van der Waals surface area contributed by atoms with Crippen molar-refractivity contribution >= 4 is 5.78 Å². The van der Waals surface area contributed by atoms with E-state index < -0.39 is 0 Å². The molecule has 0 saturated carbocycles. The van der Waals surface area contributed by atoms with Gasteiger partial charge < -0.3 is 21.9 Å². The van der Waals surface area contributed by atoms with Crippen molar-refractivity contribution < 1.29 is 26.7 Å². The van der Waals surface area contributed by atoms with Gasteiger partial charge in [-0.1, -0.05) is 30.3 Å². The molecule has 3 rings (SSSR count). The van der Waals surface area contributed by atoms with Crippen LogP contribution in [0, 0.1) is 0 Å². The Morgan fingerprint density at radius 3 is 2.32 bits per heavy atom. The number of halogens is 1. The van der Waals surface area contributed by atoms with Crippen LogP contribution >= 0.6 is 0 Å². The number of rotatable bonds is 6. The Bertz CT molecular complexity index is 654. The number of carbonyl (C=O) groups excluding carboxylic acids is 1. The normalized spacial score (nSPS) is 15.9. The number of nitrogens with zero attached hydrogens (tertiary/aromatic N) is 1. The number of carbonyl (C=O) groups is 1. The van der Waals surface area contributed by atoms with E-state index in [9.17, 15) is 4.79 Å².